The molecular formula is C11H24N4O2S. The van der Waals surface area contributed by atoms with Gasteiger partial charge in [0.05, 0.1) is 6.04 Å². The smallest absolute Gasteiger partial charge is 0.280 e. The van der Waals surface area contributed by atoms with E-state index in [2.05, 4.69) is 4.72 Å². The Morgan fingerprint density at radius 1 is 1.22 bits per heavy atom. The molecule has 1 aliphatic heterocycles. The van der Waals surface area contributed by atoms with E-state index in [0.29, 0.717) is 13.1 Å². The van der Waals surface area contributed by atoms with Gasteiger partial charge in [-0.1, -0.05) is 26.7 Å². The van der Waals surface area contributed by atoms with Crippen molar-refractivity contribution in [2.45, 2.75) is 45.6 Å². The zero-order valence-corrected chi connectivity index (χ0v) is 12.0. The molecule has 4 N–H and O–H groups in total. The molecular weight excluding hydrogens is 252 g/mol. The summed E-state index contributed by atoms with van der Waals surface area (Å²) in [6.07, 6.45) is 3.94. The summed E-state index contributed by atoms with van der Waals surface area (Å²) in [5, 5.41) is 7.45. The van der Waals surface area contributed by atoms with E-state index in [0.717, 1.165) is 25.7 Å². The van der Waals surface area contributed by atoms with Crippen molar-refractivity contribution >= 4 is 16.0 Å². The Morgan fingerprint density at radius 3 is 2.11 bits per heavy atom. The van der Waals surface area contributed by atoms with Gasteiger partial charge in [-0.05, 0) is 18.8 Å². The minimum atomic E-state index is -3.53. The van der Waals surface area contributed by atoms with Crippen LogP contribution in [0.25, 0.3) is 0 Å². The Kier molecular flexibility index (Phi) is 5.55. The minimum Gasteiger partial charge on any atom is -0.386 e. The molecule has 106 valence electrons. The first kappa shape index (κ1) is 15.4. The van der Waals surface area contributed by atoms with Crippen molar-refractivity contribution in [2.24, 2.45) is 11.7 Å². The van der Waals surface area contributed by atoms with Crippen molar-refractivity contribution in [3.8, 4) is 0 Å². The molecule has 0 spiro atoms. The van der Waals surface area contributed by atoms with Gasteiger partial charge in [0.15, 0.2) is 0 Å². The van der Waals surface area contributed by atoms with E-state index < -0.39 is 16.3 Å². The fourth-order valence-corrected chi connectivity index (χ4v) is 3.68. The van der Waals surface area contributed by atoms with Gasteiger partial charge in [0.1, 0.15) is 5.84 Å². The summed E-state index contributed by atoms with van der Waals surface area (Å²) in [5.74, 6) is -0.173. The molecule has 0 aromatic heterocycles. The molecule has 1 heterocycles. The first-order chi connectivity index (χ1) is 8.34. The molecule has 0 aromatic rings. The zero-order valence-electron chi connectivity index (χ0n) is 11.1. The van der Waals surface area contributed by atoms with Gasteiger partial charge < -0.3 is 5.73 Å². The van der Waals surface area contributed by atoms with E-state index in [9.17, 15) is 8.42 Å². The number of amidine groups is 1. The Labute approximate surface area is 110 Å². The van der Waals surface area contributed by atoms with Crippen LogP contribution in [0.1, 0.15) is 39.5 Å². The molecule has 1 fully saturated rings. The summed E-state index contributed by atoms with van der Waals surface area (Å²) in [6, 6.07) is -0.627. The highest BCUT2D eigenvalue weighted by Crippen LogP contribution is 2.13. The average Bonchev–Trinajstić information content (AvgIpc) is 2.54. The molecule has 7 heteroatoms. The van der Waals surface area contributed by atoms with Crippen molar-refractivity contribution in [1.82, 2.24) is 9.03 Å². The highest BCUT2D eigenvalue weighted by Gasteiger charge is 2.28. The van der Waals surface area contributed by atoms with Crippen LogP contribution in [-0.2, 0) is 10.2 Å². The van der Waals surface area contributed by atoms with Crippen LogP contribution in [0.4, 0.5) is 0 Å². The third kappa shape index (κ3) is 4.22. The van der Waals surface area contributed by atoms with Gasteiger partial charge in [-0.2, -0.15) is 17.4 Å². The summed E-state index contributed by atoms with van der Waals surface area (Å²) < 4.78 is 28.4. The Bertz CT molecular complexity index is 373. The monoisotopic (exact) mass is 276 g/mol. The number of nitrogens with two attached hydrogens (primary N) is 1. The quantitative estimate of drug-likeness (QED) is 0.508. The third-order valence-corrected chi connectivity index (χ3v) is 4.78. The van der Waals surface area contributed by atoms with Crippen LogP contribution in [0.15, 0.2) is 0 Å². The van der Waals surface area contributed by atoms with Crippen LogP contribution >= 0.6 is 0 Å². The van der Waals surface area contributed by atoms with Crippen molar-refractivity contribution in [2.75, 3.05) is 13.1 Å². The fraction of sp³-hybridized carbons (Fsp3) is 0.909. The molecule has 0 saturated carbocycles. The zero-order chi connectivity index (χ0) is 13.8. The van der Waals surface area contributed by atoms with Crippen molar-refractivity contribution in [1.29, 1.82) is 5.41 Å². The Morgan fingerprint density at radius 2 is 1.72 bits per heavy atom. The Balaban J connectivity index is 2.75. The number of hydrogen-bond donors (Lipinski definition) is 3. The lowest BCUT2D eigenvalue weighted by Crippen LogP contribution is -2.52. The highest BCUT2D eigenvalue weighted by molar-refractivity contribution is 7.87. The normalized spacial score (nSPS) is 20.6. The number of nitrogens with zero attached hydrogens (tertiary/aromatic N) is 1. The first-order valence-electron chi connectivity index (χ1n) is 6.46. The maximum absolute atomic E-state index is 12.2. The molecule has 1 atom stereocenters. The molecule has 6 nitrogen and oxygen atoms in total. The molecule has 0 radical (unpaired) electrons. The summed E-state index contributed by atoms with van der Waals surface area (Å²) in [6.45, 7) is 4.80. The van der Waals surface area contributed by atoms with E-state index in [1.165, 1.54) is 4.31 Å². The lowest BCUT2D eigenvalue weighted by molar-refractivity contribution is 0.404. The predicted molar refractivity (Wildman–Crippen MR) is 72.6 cm³/mol. The highest BCUT2D eigenvalue weighted by atomic mass is 32.2. The SMILES string of the molecule is CC(C)C(NS(=O)(=O)N1CCCCCC1)C(=N)N. The second-order valence-electron chi connectivity index (χ2n) is 5.11. The van der Waals surface area contributed by atoms with E-state index in [1.54, 1.807) is 0 Å². The summed E-state index contributed by atoms with van der Waals surface area (Å²) >= 11 is 0. The first-order valence-corrected chi connectivity index (χ1v) is 7.90. The standard InChI is InChI=1S/C11H24N4O2S/c1-9(2)10(11(12)13)14-18(16,17)15-7-5-3-4-6-8-15/h9-10,14H,3-8H2,1-2H3,(H3,12,13). The van der Waals surface area contributed by atoms with Crippen LogP contribution < -0.4 is 10.5 Å². The number of hydrogen-bond acceptors (Lipinski definition) is 3. The number of nitrogens with one attached hydrogen (secondary N) is 2. The lowest BCUT2D eigenvalue weighted by Gasteiger charge is -2.26. The summed E-state index contributed by atoms with van der Waals surface area (Å²) in [5.41, 5.74) is 5.44. The van der Waals surface area contributed by atoms with Crippen molar-refractivity contribution in [3.05, 3.63) is 0 Å². The van der Waals surface area contributed by atoms with Crippen molar-refractivity contribution in [3.63, 3.8) is 0 Å². The van der Waals surface area contributed by atoms with Gasteiger partial charge in [0.25, 0.3) is 10.2 Å². The van der Waals surface area contributed by atoms with Crippen LogP contribution in [0, 0.1) is 11.3 Å². The number of rotatable bonds is 5. The molecule has 1 aliphatic rings. The average molecular weight is 276 g/mol. The van der Waals surface area contributed by atoms with Crippen molar-refractivity contribution < 1.29 is 8.42 Å². The van der Waals surface area contributed by atoms with E-state index in [-0.39, 0.29) is 11.8 Å². The molecule has 0 bridgehead atoms. The maximum atomic E-state index is 12.2. The lowest BCUT2D eigenvalue weighted by atomic mass is 10.1. The summed E-state index contributed by atoms with van der Waals surface area (Å²) in [4.78, 5) is 0. The van der Waals surface area contributed by atoms with E-state index in [1.807, 2.05) is 13.8 Å². The maximum Gasteiger partial charge on any atom is 0.280 e. The molecule has 18 heavy (non-hydrogen) atoms. The van der Waals surface area contributed by atoms with Crippen LogP contribution in [0.5, 0.6) is 0 Å². The second kappa shape index (κ2) is 6.49. The van der Waals surface area contributed by atoms with Gasteiger partial charge >= 0.3 is 0 Å². The van der Waals surface area contributed by atoms with E-state index in [4.69, 9.17) is 11.1 Å². The van der Waals surface area contributed by atoms with Gasteiger partial charge in [-0.3, -0.25) is 5.41 Å². The molecule has 0 aromatic carbocycles. The second-order valence-corrected chi connectivity index (χ2v) is 6.82. The molecule has 1 saturated heterocycles. The molecule has 0 amide bonds. The third-order valence-electron chi connectivity index (χ3n) is 3.18. The van der Waals surface area contributed by atoms with Crippen LogP contribution in [0.2, 0.25) is 0 Å². The topological polar surface area (TPSA) is 99.3 Å². The van der Waals surface area contributed by atoms with Crippen LogP contribution in [-0.4, -0.2) is 37.7 Å². The van der Waals surface area contributed by atoms with E-state index >= 15 is 0 Å². The minimum absolute atomic E-state index is 0.0377. The summed E-state index contributed by atoms with van der Waals surface area (Å²) in [7, 11) is -3.53. The van der Waals surface area contributed by atoms with Crippen LogP contribution in [0.3, 0.4) is 0 Å². The molecule has 0 aliphatic carbocycles. The van der Waals surface area contributed by atoms with Gasteiger partial charge in [-0.15, -0.1) is 0 Å². The fourth-order valence-electron chi connectivity index (χ4n) is 2.08. The van der Waals surface area contributed by atoms with Gasteiger partial charge in [0, 0.05) is 13.1 Å². The predicted octanol–water partition coefficient (Wildman–Crippen LogP) is 0.657. The Hall–Kier alpha value is -0.660. The van der Waals surface area contributed by atoms with Gasteiger partial charge in [-0.25, -0.2) is 0 Å². The largest absolute Gasteiger partial charge is 0.386 e. The molecule has 1 unspecified atom stereocenters. The van der Waals surface area contributed by atoms with Gasteiger partial charge in [0.2, 0.25) is 0 Å². The molecule has 1 rings (SSSR count).